The minimum Gasteiger partial charge on any atom is -0.467 e. The van der Waals surface area contributed by atoms with Gasteiger partial charge in [-0.2, -0.15) is 9.97 Å². The second kappa shape index (κ2) is 6.33. The van der Waals surface area contributed by atoms with Gasteiger partial charge in [0.2, 0.25) is 11.9 Å². The molecule has 1 amide bonds. The van der Waals surface area contributed by atoms with Crippen molar-refractivity contribution in [2.24, 2.45) is 5.92 Å². The van der Waals surface area contributed by atoms with Crippen molar-refractivity contribution in [3.63, 3.8) is 0 Å². The van der Waals surface area contributed by atoms with Gasteiger partial charge in [-0.15, -0.1) is 4.98 Å². The summed E-state index contributed by atoms with van der Waals surface area (Å²) in [4.78, 5) is 26.6. The van der Waals surface area contributed by atoms with E-state index < -0.39 is 0 Å². The van der Waals surface area contributed by atoms with E-state index in [0.29, 0.717) is 19.0 Å². The number of methoxy groups -OCH3 is 2. The molecule has 1 saturated heterocycles. The minimum absolute atomic E-state index is 0.0583. The van der Waals surface area contributed by atoms with E-state index in [9.17, 15) is 4.79 Å². The maximum Gasteiger partial charge on any atom is 0.324 e. The van der Waals surface area contributed by atoms with Gasteiger partial charge < -0.3 is 19.7 Å². The van der Waals surface area contributed by atoms with E-state index in [4.69, 9.17) is 9.47 Å². The third-order valence-corrected chi connectivity index (χ3v) is 3.29. The molecule has 1 unspecified atom stereocenters. The van der Waals surface area contributed by atoms with Gasteiger partial charge in [-0.25, -0.2) is 0 Å². The topological polar surface area (TPSA) is 89.5 Å². The molecule has 2 rings (SSSR count). The number of nitrogens with one attached hydrogen (secondary N) is 1. The monoisotopic (exact) mass is 309 g/mol. The molecule has 1 aliphatic heterocycles. The fourth-order valence-corrected chi connectivity index (χ4v) is 2.28. The van der Waals surface area contributed by atoms with Crippen LogP contribution in [0.5, 0.6) is 12.0 Å². The summed E-state index contributed by atoms with van der Waals surface area (Å²) in [5.74, 6) is 0.450. The highest BCUT2D eigenvalue weighted by Gasteiger charge is 2.32. The van der Waals surface area contributed by atoms with Gasteiger partial charge in [0.05, 0.1) is 20.1 Å². The molecule has 1 fully saturated rings. The van der Waals surface area contributed by atoms with Gasteiger partial charge >= 0.3 is 12.0 Å². The number of aromatic nitrogens is 3. The molecule has 122 valence electrons. The summed E-state index contributed by atoms with van der Waals surface area (Å²) in [6, 6.07) is 0.397. The van der Waals surface area contributed by atoms with Crippen LogP contribution in [0.1, 0.15) is 27.2 Å². The van der Waals surface area contributed by atoms with Crippen molar-refractivity contribution >= 4 is 11.9 Å². The third-order valence-electron chi connectivity index (χ3n) is 3.29. The molecule has 0 aromatic carbocycles. The Kier molecular flexibility index (Phi) is 4.68. The van der Waals surface area contributed by atoms with Gasteiger partial charge in [-0.1, -0.05) is 0 Å². The smallest absolute Gasteiger partial charge is 0.324 e. The fraction of sp³-hybridized carbons (Fsp3) is 0.714. The Morgan fingerprint density at radius 2 is 1.77 bits per heavy atom. The summed E-state index contributed by atoms with van der Waals surface area (Å²) >= 11 is 0. The van der Waals surface area contributed by atoms with Crippen molar-refractivity contribution in [1.29, 1.82) is 0 Å². The van der Waals surface area contributed by atoms with E-state index >= 15 is 0 Å². The molecule has 0 radical (unpaired) electrons. The molecule has 1 atom stereocenters. The van der Waals surface area contributed by atoms with E-state index in [2.05, 4.69) is 20.3 Å². The molecule has 0 aliphatic carbocycles. The molecule has 2 heterocycles. The largest absolute Gasteiger partial charge is 0.467 e. The maximum absolute atomic E-state index is 12.2. The first-order valence-corrected chi connectivity index (χ1v) is 7.23. The summed E-state index contributed by atoms with van der Waals surface area (Å²) in [6.45, 7) is 7.19. The molecule has 0 bridgehead atoms. The van der Waals surface area contributed by atoms with Crippen molar-refractivity contribution in [1.82, 2.24) is 20.3 Å². The highest BCUT2D eigenvalue weighted by Crippen LogP contribution is 2.24. The Morgan fingerprint density at radius 3 is 2.27 bits per heavy atom. The van der Waals surface area contributed by atoms with Gasteiger partial charge in [0.15, 0.2) is 0 Å². The molecular weight excluding hydrogens is 286 g/mol. The number of hydrogen-bond donors (Lipinski definition) is 1. The van der Waals surface area contributed by atoms with Gasteiger partial charge in [-0.3, -0.25) is 4.79 Å². The molecule has 1 aromatic rings. The van der Waals surface area contributed by atoms with Crippen LogP contribution in [0.2, 0.25) is 0 Å². The normalized spacial score (nSPS) is 18.2. The zero-order chi connectivity index (χ0) is 16.3. The molecule has 8 heteroatoms. The number of nitrogens with zero attached hydrogens (tertiary/aromatic N) is 4. The summed E-state index contributed by atoms with van der Waals surface area (Å²) in [6.07, 6.45) is 0.762. The van der Waals surface area contributed by atoms with Gasteiger partial charge in [0.25, 0.3) is 0 Å². The Bertz CT molecular complexity index is 522. The predicted octanol–water partition coefficient (Wildman–Crippen LogP) is 0.630. The zero-order valence-corrected chi connectivity index (χ0v) is 13.7. The SMILES string of the molecule is COc1nc(OC)nc(N2CCC(C(=O)NC(C)(C)C)C2)n1. The van der Waals surface area contributed by atoms with Crippen molar-refractivity contribution in [2.45, 2.75) is 32.7 Å². The lowest BCUT2D eigenvalue weighted by molar-refractivity contribution is -0.125. The number of amides is 1. The van der Waals surface area contributed by atoms with Gasteiger partial charge in [0, 0.05) is 18.6 Å². The molecule has 8 nitrogen and oxygen atoms in total. The Balaban J connectivity index is 2.08. The lowest BCUT2D eigenvalue weighted by Gasteiger charge is -2.23. The van der Waals surface area contributed by atoms with Crippen molar-refractivity contribution < 1.29 is 14.3 Å². The summed E-state index contributed by atoms with van der Waals surface area (Å²) < 4.78 is 10.1. The Labute approximate surface area is 130 Å². The van der Waals surface area contributed by atoms with Crippen LogP contribution in [0, 0.1) is 5.92 Å². The number of hydrogen-bond acceptors (Lipinski definition) is 7. The standard InChI is InChI=1S/C14H23N5O3/c1-14(2,3)18-10(20)9-6-7-19(8-9)11-15-12(21-4)17-13(16-11)22-5/h9H,6-8H2,1-5H3,(H,18,20). The van der Waals surface area contributed by atoms with Crippen LogP contribution in [0.3, 0.4) is 0 Å². The Hall–Kier alpha value is -2.12. The molecule has 0 saturated carbocycles. The van der Waals surface area contributed by atoms with Crippen LogP contribution in [-0.4, -0.2) is 53.7 Å². The first-order chi connectivity index (χ1) is 10.3. The first-order valence-electron chi connectivity index (χ1n) is 7.23. The molecule has 0 spiro atoms. The molecule has 1 aliphatic rings. The predicted molar refractivity (Wildman–Crippen MR) is 81.1 cm³/mol. The summed E-state index contributed by atoms with van der Waals surface area (Å²) in [7, 11) is 2.98. The number of ether oxygens (including phenoxy) is 2. The van der Waals surface area contributed by atoms with E-state index in [0.717, 1.165) is 6.42 Å². The summed E-state index contributed by atoms with van der Waals surface area (Å²) in [5, 5.41) is 3.01. The average Bonchev–Trinajstić information content (AvgIpc) is 2.95. The van der Waals surface area contributed by atoms with E-state index in [-0.39, 0.29) is 29.4 Å². The number of carbonyl (C=O) groups excluding carboxylic acids is 1. The van der Waals surface area contributed by atoms with Crippen molar-refractivity contribution in [3.05, 3.63) is 0 Å². The second-order valence-corrected chi connectivity index (χ2v) is 6.28. The number of rotatable bonds is 4. The van der Waals surface area contributed by atoms with Gasteiger partial charge in [-0.05, 0) is 27.2 Å². The first kappa shape index (κ1) is 16.3. The zero-order valence-electron chi connectivity index (χ0n) is 13.7. The van der Waals surface area contributed by atoms with E-state index in [1.165, 1.54) is 14.2 Å². The van der Waals surface area contributed by atoms with Gasteiger partial charge in [0.1, 0.15) is 0 Å². The fourth-order valence-electron chi connectivity index (χ4n) is 2.28. The second-order valence-electron chi connectivity index (χ2n) is 6.28. The van der Waals surface area contributed by atoms with Crippen molar-refractivity contribution in [2.75, 3.05) is 32.2 Å². The lowest BCUT2D eigenvalue weighted by Crippen LogP contribution is -2.44. The van der Waals surface area contributed by atoms with Crippen LogP contribution in [0.15, 0.2) is 0 Å². The lowest BCUT2D eigenvalue weighted by atomic mass is 10.0. The van der Waals surface area contributed by atoms with Crippen LogP contribution >= 0.6 is 0 Å². The van der Waals surface area contributed by atoms with Crippen molar-refractivity contribution in [3.8, 4) is 12.0 Å². The average molecular weight is 309 g/mol. The highest BCUT2D eigenvalue weighted by molar-refractivity contribution is 5.80. The van der Waals surface area contributed by atoms with Crippen LogP contribution in [0.4, 0.5) is 5.95 Å². The maximum atomic E-state index is 12.2. The molecule has 1 aromatic heterocycles. The van der Waals surface area contributed by atoms with Crippen LogP contribution in [-0.2, 0) is 4.79 Å². The summed E-state index contributed by atoms with van der Waals surface area (Å²) in [5.41, 5.74) is -0.232. The third kappa shape index (κ3) is 3.96. The minimum atomic E-state index is -0.232. The molecule has 22 heavy (non-hydrogen) atoms. The Morgan fingerprint density at radius 1 is 1.18 bits per heavy atom. The van der Waals surface area contributed by atoms with Crippen LogP contribution in [0.25, 0.3) is 0 Å². The van der Waals surface area contributed by atoms with Crippen LogP contribution < -0.4 is 19.7 Å². The van der Waals surface area contributed by atoms with E-state index in [1.807, 2.05) is 25.7 Å². The molecular formula is C14H23N5O3. The quantitative estimate of drug-likeness (QED) is 0.872. The highest BCUT2D eigenvalue weighted by atomic mass is 16.5. The number of carbonyl (C=O) groups is 1. The molecule has 1 N–H and O–H groups in total. The van der Waals surface area contributed by atoms with E-state index in [1.54, 1.807) is 0 Å². The number of anilines is 1.